The summed E-state index contributed by atoms with van der Waals surface area (Å²) in [6, 6.07) is 13.9. The minimum Gasteiger partial charge on any atom is -0.369 e. The van der Waals surface area contributed by atoms with Crippen molar-refractivity contribution in [3.8, 4) is 0 Å². The molecule has 0 atom stereocenters. The molecule has 2 aromatic heterocycles. The number of nitrogens with zero attached hydrogens (tertiary/aromatic N) is 3. The maximum atomic E-state index is 13.3. The standard InChI is InChI=1S/C25H26N4O2S2/c1-3-13-26-21-19(23(30)28-14-7-9-17(2)22(28)27-21)16-20-24(31)29(25(32)33-20)15-8-12-18-10-5-4-6-11-18/h4-7,9-11,14,16,26H,3,8,12-13,15H2,1-2H3. The summed E-state index contributed by atoms with van der Waals surface area (Å²) >= 11 is 6.72. The fourth-order valence-electron chi connectivity index (χ4n) is 3.73. The van der Waals surface area contributed by atoms with Gasteiger partial charge in [-0.15, -0.1) is 0 Å². The van der Waals surface area contributed by atoms with Crippen molar-refractivity contribution in [2.45, 2.75) is 33.1 Å². The second-order valence-corrected chi connectivity index (χ2v) is 9.59. The van der Waals surface area contributed by atoms with Crippen LogP contribution in [-0.2, 0) is 11.2 Å². The number of pyridine rings is 1. The minimum atomic E-state index is -0.211. The number of carbonyl (C=O) groups is 1. The van der Waals surface area contributed by atoms with Crippen molar-refractivity contribution in [2.24, 2.45) is 0 Å². The molecule has 0 aliphatic carbocycles. The summed E-state index contributed by atoms with van der Waals surface area (Å²) < 4.78 is 2.05. The first-order chi connectivity index (χ1) is 16.0. The second kappa shape index (κ2) is 10.3. The zero-order valence-corrected chi connectivity index (χ0v) is 20.3. The lowest BCUT2D eigenvalue weighted by Crippen LogP contribution is -2.29. The van der Waals surface area contributed by atoms with Crippen LogP contribution in [0.2, 0.25) is 0 Å². The van der Waals surface area contributed by atoms with Gasteiger partial charge in [-0.05, 0) is 49.5 Å². The van der Waals surface area contributed by atoms with Gasteiger partial charge in [0.15, 0.2) is 0 Å². The van der Waals surface area contributed by atoms with Crippen LogP contribution in [-0.4, -0.2) is 37.6 Å². The number of amides is 1. The van der Waals surface area contributed by atoms with Gasteiger partial charge in [-0.3, -0.25) is 18.9 Å². The summed E-state index contributed by atoms with van der Waals surface area (Å²) in [5.74, 6) is 0.332. The predicted octanol–water partition coefficient (Wildman–Crippen LogP) is 4.66. The number of anilines is 1. The summed E-state index contributed by atoms with van der Waals surface area (Å²) in [6.45, 7) is 5.19. The quantitative estimate of drug-likeness (QED) is 0.375. The summed E-state index contributed by atoms with van der Waals surface area (Å²) in [5.41, 5.74) is 2.90. The highest BCUT2D eigenvalue weighted by Crippen LogP contribution is 2.33. The van der Waals surface area contributed by atoms with Gasteiger partial charge >= 0.3 is 0 Å². The van der Waals surface area contributed by atoms with E-state index >= 15 is 0 Å². The summed E-state index contributed by atoms with van der Waals surface area (Å²) in [5, 5.41) is 3.25. The summed E-state index contributed by atoms with van der Waals surface area (Å²) in [7, 11) is 0. The number of benzene rings is 1. The highest BCUT2D eigenvalue weighted by atomic mass is 32.2. The van der Waals surface area contributed by atoms with Gasteiger partial charge in [0.1, 0.15) is 15.8 Å². The van der Waals surface area contributed by atoms with E-state index in [1.165, 1.54) is 21.7 Å². The van der Waals surface area contributed by atoms with Crippen molar-refractivity contribution in [1.82, 2.24) is 14.3 Å². The van der Waals surface area contributed by atoms with Crippen LogP contribution in [0.15, 0.2) is 58.4 Å². The van der Waals surface area contributed by atoms with E-state index in [4.69, 9.17) is 17.2 Å². The summed E-state index contributed by atoms with van der Waals surface area (Å²) in [6.07, 6.45) is 5.91. The van der Waals surface area contributed by atoms with Gasteiger partial charge in [0, 0.05) is 19.3 Å². The van der Waals surface area contributed by atoms with Crippen molar-refractivity contribution in [3.05, 3.63) is 80.6 Å². The Kier molecular flexibility index (Phi) is 7.25. The Morgan fingerprint density at radius 3 is 2.70 bits per heavy atom. The monoisotopic (exact) mass is 478 g/mol. The van der Waals surface area contributed by atoms with Crippen molar-refractivity contribution < 1.29 is 4.79 Å². The molecule has 1 aliphatic heterocycles. The Hall–Kier alpha value is -2.97. The minimum absolute atomic E-state index is 0.159. The number of nitrogens with one attached hydrogen (secondary N) is 1. The first-order valence-electron chi connectivity index (χ1n) is 11.0. The van der Waals surface area contributed by atoms with Gasteiger partial charge in [0.05, 0.1) is 10.5 Å². The molecule has 1 fully saturated rings. The number of aryl methyl sites for hydroxylation is 2. The molecule has 1 saturated heterocycles. The third-order valence-electron chi connectivity index (χ3n) is 5.47. The Morgan fingerprint density at radius 1 is 1.15 bits per heavy atom. The number of carbonyl (C=O) groups excluding carboxylic acids is 1. The fraction of sp³-hybridized carbons (Fsp3) is 0.280. The zero-order valence-electron chi connectivity index (χ0n) is 18.7. The molecule has 1 amide bonds. The molecule has 6 nitrogen and oxygen atoms in total. The Morgan fingerprint density at radius 2 is 1.94 bits per heavy atom. The van der Waals surface area contributed by atoms with E-state index in [1.54, 1.807) is 17.2 Å². The topological polar surface area (TPSA) is 66.7 Å². The number of fused-ring (bicyclic) bond motifs is 1. The molecule has 1 aromatic carbocycles. The van der Waals surface area contributed by atoms with Crippen LogP contribution >= 0.6 is 24.0 Å². The zero-order chi connectivity index (χ0) is 23.4. The number of thioether (sulfide) groups is 1. The van der Waals surface area contributed by atoms with E-state index in [2.05, 4.69) is 17.4 Å². The van der Waals surface area contributed by atoms with Crippen LogP contribution in [0.5, 0.6) is 0 Å². The Labute approximate surface area is 202 Å². The molecule has 3 heterocycles. The molecule has 8 heteroatoms. The molecule has 1 N–H and O–H groups in total. The molecule has 3 aromatic rings. The van der Waals surface area contributed by atoms with Crippen molar-refractivity contribution in [1.29, 1.82) is 0 Å². The Balaban J connectivity index is 1.62. The number of thiocarbonyl (C=S) groups is 1. The highest BCUT2D eigenvalue weighted by Gasteiger charge is 2.32. The van der Waals surface area contributed by atoms with E-state index in [9.17, 15) is 9.59 Å². The summed E-state index contributed by atoms with van der Waals surface area (Å²) in [4.78, 5) is 33.2. The molecule has 0 saturated carbocycles. The maximum Gasteiger partial charge on any atom is 0.267 e. The number of hydrogen-bond donors (Lipinski definition) is 1. The van der Waals surface area contributed by atoms with E-state index in [0.29, 0.717) is 39.3 Å². The first-order valence-corrected chi connectivity index (χ1v) is 12.3. The van der Waals surface area contributed by atoms with Crippen LogP contribution in [0.4, 0.5) is 5.82 Å². The average Bonchev–Trinajstić information content (AvgIpc) is 3.08. The van der Waals surface area contributed by atoms with Crippen molar-refractivity contribution >= 4 is 51.7 Å². The molecule has 170 valence electrons. The van der Waals surface area contributed by atoms with Crippen LogP contribution in [0.3, 0.4) is 0 Å². The lowest BCUT2D eigenvalue weighted by molar-refractivity contribution is -0.122. The van der Waals surface area contributed by atoms with Crippen LogP contribution in [0.1, 0.15) is 36.5 Å². The van der Waals surface area contributed by atoms with Crippen LogP contribution < -0.4 is 10.9 Å². The largest absolute Gasteiger partial charge is 0.369 e. The molecule has 0 spiro atoms. The third kappa shape index (κ3) is 5.02. The number of aromatic nitrogens is 2. The third-order valence-corrected chi connectivity index (χ3v) is 6.84. The van der Waals surface area contributed by atoms with E-state index in [1.807, 2.05) is 44.2 Å². The molecule has 0 unspecified atom stereocenters. The van der Waals surface area contributed by atoms with Gasteiger partial charge in [0.2, 0.25) is 0 Å². The molecular formula is C25H26N4O2S2. The normalized spacial score (nSPS) is 15.1. The highest BCUT2D eigenvalue weighted by molar-refractivity contribution is 8.26. The van der Waals surface area contributed by atoms with Crippen molar-refractivity contribution in [3.63, 3.8) is 0 Å². The Bertz CT molecular complexity index is 1280. The van der Waals surface area contributed by atoms with E-state index in [-0.39, 0.29) is 11.5 Å². The lowest BCUT2D eigenvalue weighted by Gasteiger charge is -2.14. The van der Waals surface area contributed by atoms with E-state index in [0.717, 1.165) is 24.8 Å². The molecule has 33 heavy (non-hydrogen) atoms. The smallest absolute Gasteiger partial charge is 0.267 e. The SMILES string of the molecule is CCCNc1nc2c(C)cccn2c(=O)c1C=C1SC(=S)N(CCCc2ccccc2)C1=O. The molecule has 1 aliphatic rings. The predicted molar refractivity (Wildman–Crippen MR) is 140 cm³/mol. The van der Waals surface area contributed by atoms with Crippen molar-refractivity contribution in [2.75, 3.05) is 18.4 Å². The van der Waals surface area contributed by atoms with Gasteiger partial charge in [0.25, 0.3) is 11.5 Å². The number of rotatable bonds is 8. The van der Waals surface area contributed by atoms with Gasteiger partial charge in [-0.25, -0.2) is 4.98 Å². The van der Waals surface area contributed by atoms with Gasteiger partial charge in [-0.1, -0.05) is 67.3 Å². The van der Waals surface area contributed by atoms with E-state index < -0.39 is 0 Å². The number of hydrogen-bond acceptors (Lipinski definition) is 6. The fourth-order valence-corrected chi connectivity index (χ4v) is 5.02. The van der Waals surface area contributed by atoms with Crippen LogP contribution in [0.25, 0.3) is 11.7 Å². The molecular weight excluding hydrogens is 452 g/mol. The maximum absolute atomic E-state index is 13.3. The second-order valence-electron chi connectivity index (χ2n) is 7.91. The lowest BCUT2D eigenvalue weighted by atomic mass is 10.1. The van der Waals surface area contributed by atoms with Gasteiger partial charge < -0.3 is 5.32 Å². The van der Waals surface area contributed by atoms with Gasteiger partial charge in [-0.2, -0.15) is 0 Å². The molecule has 0 bridgehead atoms. The van der Waals surface area contributed by atoms with Crippen LogP contribution in [0, 0.1) is 6.92 Å². The first kappa shape index (κ1) is 23.2. The molecule has 4 rings (SSSR count). The average molecular weight is 479 g/mol. The molecule has 0 radical (unpaired) electrons.